The Hall–Kier alpha value is -0.190. The van der Waals surface area contributed by atoms with Crippen LogP contribution in [-0.2, 0) is 0 Å². The summed E-state index contributed by atoms with van der Waals surface area (Å²) in [6.45, 7) is 7.79. The average molecular weight is 315 g/mol. The Morgan fingerprint density at radius 1 is 1.24 bits per heavy atom. The maximum absolute atomic E-state index is 4.29. The molecular weight excluding hydrogens is 296 g/mol. The predicted molar refractivity (Wildman–Crippen MR) is 81.4 cm³/mol. The van der Waals surface area contributed by atoms with Crippen molar-refractivity contribution in [3.63, 3.8) is 0 Å². The van der Waals surface area contributed by atoms with Crippen LogP contribution in [0.2, 0.25) is 0 Å². The van der Waals surface area contributed by atoms with Gasteiger partial charge in [0.25, 0.3) is 0 Å². The maximum atomic E-state index is 4.29. The van der Waals surface area contributed by atoms with Gasteiger partial charge in [0.2, 0.25) is 0 Å². The lowest BCUT2D eigenvalue weighted by Crippen LogP contribution is -2.46. The molecule has 0 N–H and O–H groups in total. The summed E-state index contributed by atoms with van der Waals surface area (Å²) in [7, 11) is 0. The van der Waals surface area contributed by atoms with Crippen molar-refractivity contribution in [2.45, 2.75) is 6.92 Å². The Morgan fingerprint density at radius 2 is 1.94 bits per heavy atom. The zero-order chi connectivity index (χ0) is 12.3. The van der Waals surface area contributed by atoms with Crippen LogP contribution in [-0.4, -0.2) is 43.4 Å². The van der Waals surface area contributed by atoms with Crippen molar-refractivity contribution < 1.29 is 0 Å². The molecule has 0 aliphatic carbocycles. The molecule has 1 fully saturated rings. The molecule has 2 rings (SSSR count). The number of thiol groups is 1. The van der Waals surface area contributed by atoms with E-state index < -0.39 is 0 Å². The Kier molecular flexibility index (Phi) is 4.77. The third-order valence-electron chi connectivity index (χ3n) is 3.30. The fourth-order valence-corrected chi connectivity index (χ4v) is 2.73. The highest BCUT2D eigenvalue weighted by Gasteiger charge is 2.16. The largest absolute Gasteiger partial charge is 0.369 e. The van der Waals surface area contributed by atoms with Gasteiger partial charge >= 0.3 is 0 Å². The van der Waals surface area contributed by atoms with Gasteiger partial charge in [-0.05, 0) is 30.7 Å². The van der Waals surface area contributed by atoms with Crippen molar-refractivity contribution in [3.8, 4) is 0 Å². The van der Waals surface area contributed by atoms with Crippen LogP contribution in [0.1, 0.15) is 5.56 Å². The van der Waals surface area contributed by atoms with Crippen LogP contribution in [0, 0.1) is 6.92 Å². The molecule has 17 heavy (non-hydrogen) atoms. The third-order valence-corrected chi connectivity index (χ3v) is 4.38. The van der Waals surface area contributed by atoms with Gasteiger partial charge in [0, 0.05) is 48.6 Å². The minimum Gasteiger partial charge on any atom is -0.369 e. The topological polar surface area (TPSA) is 6.48 Å². The maximum Gasteiger partial charge on any atom is 0.0370 e. The molecular formula is C13H19BrN2S. The number of nitrogens with zero attached hydrogens (tertiary/aromatic N) is 2. The van der Waals surface area contributed by atoms with Gasteiger partial charge in [0.05, 0.1) is 0 Å². The first-order chi connectivity index (χ1) is 8.20. The highest BCUT2D eigenvalue weighted by molar-refractivity contribution is 9.10. The number of piperazine rings is 1. The van der Waals surface area contributed by atoms with Crippen molar-refractivity contribution in [1.29, 1.82) is 0 Å². The lowest BCUT2D eigenvalue weighted by molar-refractivity contribution is 0.273. The smallest absolute Gasteiger partial charge is 0.0370 e. The highest BCUT2D eigenvalue weighted by Crippen LogP contribution is 2.23. The van der Waals surface area contributed by atoms with Crippen LogP contribution in [0.4, 0.5) is 5.69 Å². The molecule has 1 aromatic carbocycles. The molecule has 0 spiro atoms. The van der Waals surface area contributed by atoms with Gasteiger partial charge in [-0.2, -0.15) is 12.6 Å². The van der Waals surface area contributed by atoms with Gasteiger partial charge in [-0.15, -0.1) is 0 Å². The van der Waals surface area contributed by atoms with Gasteiger partial charge < -0.3 is 4.90 Å². The van der Waals surface area contributed by atoms with Crippen molar-refractivity contribution in [1.82, 2.24) is 4.90 Å². The molecule has 0 unspecified atom stereocenters. The van der Waals surface area contributed by atoms with E-state index in [1.54, 1.807) is 0 Å². The van der Waals surface area contributed by atoms with Gasteiger partial charge in [-0.3, -0.25) is 4.90 Å². The number of hydrogen-bond donors (Lipinski definition) is 1. The zero-order valence-electron chi connectivity index (χ0n) is 10.2. The van der Waals surface area contributed by atoms with E-state index in [9.17, 15) is 0 Å². The quantitative estimate of drug-likeness (QED) is 0.857. The van der Waals surface area contributed by atoms with E-state index in [2.05, 4.69) is 63.5 Å². The number of aryl methyl sites for hydroxylation is 1. The van der Waals surface area contributed by atoms with Gasteiger partial charge in [0.1, 0.15) is 0 Å². The van der Waals surface area contributed by atoms with Crippen molar-refractivity contribution in [2.24, 2.45) is 0 Å². The zero-order valence-corrected chi connectivity index (χ0v) is 12.7. The van der Waals surface area contributed by atoms with Crippen LogP contribution in [0.15, 0.2) is 22.7 Å². The van der Waals surface area contributed by atoms with E-state index in [4.69, 9.17) is 0 Å². The standard InChI is InChI=1S/C13H19BrN2S/c1-11-10-12(2-3-13(11)14)16-6-4-15(5-7-16)8-9-17/h2-3,10,17H,4-9H2,1H3. The second-order valence-electron chi connectivity index (χ2n) is 4.49. The molecule has 0 saturated carbocycles. The minimum atomic E-state index is 0.956. The van der Waals surface area contributed by atoms with E-state index in [-0.39, 0.29) is 0 Å². The van der Waals surface area contributed by atoms with E-state index in [1.165, 1.54) is 15.7 Å². The Morgan fingerprint density at radius 3 is 2.53 bits per heavy atom. The average Bonchev–Trinajstić information content (AvgIpc) is 2.34. The minimum absolute atomic E-state index is 0.956. The summed E-state index contributed by atoms with van der Waals surface area (Å²) >= 11 is 7.84. The van der Waals surface area contributed by atoms with Gasteiger partial charge in [-0.25, -0.2) is 0 Å². The lowest BCUT2D eigenvalue weighted by atomic mass is 10.2. The number of rotatable bonds is 3. The SMILES string of the molecule is Cc1cc(N2CCN(CCS)CC2)ccc1Br. The van der Waals surface area contributed by atoms with Crippen molar-refractivity contribution in [2.75, 3.05) is 43.4 Å². The second kappa shape index (κ2) is 6.12. The highest BCUT2D eigenvalue weighted by atomic mass is 79.9. The third kappa shape index (κ3) is 3.39. The fraction of sp³-hybridized carbons (Fsp3) is 0.538. The first-order valence-corrected chi connectivity index (χ1v) is 7.47. The monoisotopic (exact) mass is 314 g/mol. The van der Waals surface area contributed by atoms with Gasteiger partial charge in [-0.1, -0.05) is 15.9 Å². The fourth-order valence-electron chi connectivity index (χ4n) is 2.20. The first-order valence-electron chi connectivity index (χ1n) is 6.05. The Bertz CT molecular complexity index is 376. The molecule has 94 valence electrons. The predicted octanol–water partition coefficient (Wildman–Crippen LogP) is 2.81. The summed E-state index contributed by atoms with van der Waals surface area (Å²) in [6.07, 6.45) is 0. The van der Waals surface area contributed by atoms with Crippen LogP contribution in [0.3, 0.4) is 0 Å². The van der Waals surface area contributed by atoms with E-state index in [0.717, 1.165) is 38.5 Å². The van der Waals surface area contributed by atoms with E-state index >= 15 is 0 Å². The van der Waals surface area contributed by atoms with E-state index in [0.29, 0.717) is 0 Å². The molecule has 1 aliphatic rings. The summed E-state index contributed by atoms with van der Waals surface area (Å²) in [4.78, 5) is 4.95. The Balaban J connectivity index is 1.98. The molecule has 4 heteroatoms. The van der Waals surface area contributed by atoms with Crippen LogP contribution in [0.25, 0.3) is 0 Å². The molecule has 2 nitrogen and oxygen atoms in total. The molecule has 0 atom stereocenters. The molecule has 1 aromatic rings. The summed E-state index contributed by atoms with van der Waals surface area (Å²) in [5.74, 6) is 0.956. The number of hydrogen-bond acceptors (Lipinski definition) is 3. The number of anilines is 1. The van der Waals surface area contributed by atoms with Gasteiger partial charge in [0.15, 0.2) is 0 Å². The van der Waals surface area contributed by atoms with Crippen LogP contribution >= 0.6 is 28.6 Å². The van der Waals surface area contributed by atoms with Crippen molar-refractivity contribution >= 4 is 34.2 Å². The molecule has 0 radical (unpaired) electrons. The molecule has 0 bridgehead atoms. The van der Waals surface area contributed by atoms with E-state index in [1.807, 2.05) is 0 Å². The second-order valence-corrected chi connectivity index (χ2v) is 5.79. The summed E-state index contributed by atoms with van der Waals surface area (Å²) in [5, 5.41) is 0. The molecule has 0 amide bonds. The molecule has 1 saturated heterocycles. The number of halogens is 1. The summed E-state index contributed by atoms with van der Waals surface area (Å²) in [5.41, 5.74) is 2.65. The molecule has 0 aromatic heterocycles. The van der Waals surface area contributed by atoms with Crippen LogP contribution < -0.4 is 4.90 Å². The summed E-state index contributed by atoms with van der Waals surface area (Å²) < 4.78 is 1.19. The summed E-state index contributed by atoms with van der Waals surface area (Å²) in [6, 6.07) is 6.61. The number of benzene rings is 1. The van der Waals surface area contributed by atoms with Crippen molar-refractivity contribution in [3.05, 3.63) is 28.2 Å². The lowest BCUT2D eigenvalue weighted by Gasteiger charge is -2.36. The first kappa shape index (κ1) is 13.2. The normalized spacial score (nSPS) is 17.5. The van der Waals surface area contributed by atoms with Crippen LogP contribution in [0.5, 0.6) is 0 Å². The molecule has 1 heterocycles. The molecule has 1 aliphatic heterocycles. The Labute approximate surface area is 118 Å².